The third kappa shape index (κ3) is 6.39. The molecular formula is C15H30N2O2. The molecule has 1 aliphatic carbocycles. The Balaban J connectivity index is 2.39. The largest absolute Gasteiger partial charge is 0.480 e. The molecule has 0 heterocycles. The quantitative estimate of drug-likeness (QED) is 0.605. The van der Waals surface area contributed by atoms with Crippen molar-refractivity contribution in [1.29, 1.82) is 0 Å². The van der Waals surface area contributed by atoms with E-state index in [1.54, 1.807) is 0 Å². The predicted molar refractivity (Wildman–Crippen MR) is 78.4 cm³/mol. The molecular weight excluding hydrogens is 240 g/mol. The molecule has 2 unspecified atom stereocenters. The zero-order chi connectivity index (χ0) is 14.3. The van der Waals surface area contributed by atoms with Gasteiger partial charge in [-0.25, -0.2) is 0 Å². The number of carbonyl (C=O) groups is 1. The van der Waals surface area contributed by atoms with Crippen LogP contribution in [0, 0.1) is 0 Å². The molecule has 2 atom stereocenters. The number of nitrogens with zero attached hydrogens (tertiary/aromatic N) is 1. The van der Waals surface area contributed by atoms with Gasteiger partial charge in [0.25, 0.3) is 0 Å². The maximum absolute atomic E-state index is 11.2. The summed E-state index contributed by atoms with van der Waals surface area (Å²) in [4.78, 5) is 13.7. The summed E-state index contributed by atoms with van der Waals surface area (Å²) >= 11 is 0. The minimum absolute atomic E-state index is 0.374. The standard InChI is InChI=1S/C15H30N2O2/c1-4-6-10-17(12(3)5-2)11-9-14(15(18)19)16-13-7-8-13/h12-14,16H,4-11H2,1-3H3,(H,18,19). The van der Waals surface area contributed by atoms with Gasteiger partial charge >= 0.3 is 5.97 Å². The van der Waals surface area contributed by atoms with Crippen LogP contribution in [-0.2, 0) is 4.79 Å². The van der Waals surface area contributed by atoms with Gasteiger partial charge in [-0.05, 0) is 45.6 Å². The number of hydrogen-bond donors (Lipinski definition) is 2. The van der Waals surface area contributed by atoms with E-state index in [-0.39, 0.29) is 6.04 Å². The molecule has 0 amide bonds. The summed E-state index contributed by atoms with van der Waals surface area (Å²) in [7, 11) is 0. The Morgan fingerprint density at radius 1 is 1.37 bits per heavy atom. The fourth-order valence-electron chi connectivity index (χ4n) is 2.28. The molecule has 0 aromatic rings. The summed E-state index contributed by atoms with van der Waals surface area (Å²) in [5.74, 6) is -0.702. The molecule has 112 valence electrons. The molecule has 0 bridgehead atoms. The highest BCUT2D eigenvalue weighted by Gasteiger charge is 2.28. The van der Waals surface area contributed by atoms with Gasteiger partial charge in [0.2, 0.25) is 0 Å². The van der Waals surface area contributed by atoms with E-state index < -0.39 is 5.97 Å². The van der Waals surface area contributed by atoms with Crippen LogP contribution in [-0.4, -0.2) is 47.2 Å². The normalized spacial score (nSPS) is 18.5. The molecule has 0 aromatic carbocycles. The van der Waals surface area contributed by atoms with Crippen molar-refractivity contribution in [3.63, 3.8) is 0 Å². The minimum atomic E-state index is -0.702. The van der Waals surface area contributed by atoms with E-state index in [4.69, 9.17) is 0 Å². The average molecular weight is 270 g/mol. The number of unbranched alkanes of at least 4 members (excludes halogenated alkanes) is 1. The summed E-state index contributed by atoms with van der Waals surface area (Å²) < 4.78 is 0. The first-order valence-electron chi connectivity index (χ1n) is 7.81. The number of nitrogens with one attached hydrogen (secondary N) is 1. The topological polar surface area (TPSA) is 52.6 Å². The lowest BCUT2D eigenvalue weighted by Crippen LogP contribution is -2.43. The fraction of sp³-hybridized carbons (Fsp3) is 0.933. The fourth-order valence-corrected chi connectivity index (χ4v) is 2.28. The molecule has 1 rings (SSSR count). The Bertz CT molecular complexity index is 267. The number of carboxylic acid groups (broad SMARTS) is 1. The number of rotatable bonds is 11. The Kier molecular flexibility index (Phi) is 7.39. The van der Waals surface area contributed by atoms with Gasteiger partial charge in [0.05, 0.1) is 0 Å². The average Bonchev–Trinajstić information content (AvgIpc) is 3.20. The maximum Gasteiger partial charge on any atom is 0.320 e. The lowest BCUT2D eigenvalue weighted by Gasteiger charge is -2.29. The molecule has 4 heteroatoms. The molecule has 0 radical (unpaired) electrons. The first-order chi connectivity index (χ1) is 9.08. The highest BCUT2D eigenvalue weighted by molar-refractivity contribution is 5.73. The highest BCUT2D eigenvalue weighted by Crippen LogP contribution is 2.20. The highest BCUT2D eigenvalue weighted by atomic mass is 16.4. The van der Waals surface area contributed by atoms with E-state index in [9.17, 15) is 9.90 Å². The zero-order valence-electron chi connectivity index (χ0n) is 12.7. The molecule has 0 saturated heterocycles. The molecule has 4 nitrogen and oxygen atoms in total. The van der Waals surface area contributed by atoms with Crippen molar-refractivity contribution < 1.29 is 9.90 Å². The van der Waals surface area contributed by atoms with E-state index in [1.807, 2.05) is 0 Å². The molecule has 19 heavy (non-hydrogen) atoms. The molecule has 1 saturated carbocycles. The monoisotopic (exact) mass is 270 g/mol. The molecule has 1 fully saturated rings. The van der Waals surface area contributed by atoms with Crippen molar-refractivity contribution in [3.05, 3.63) is 0 Å². The second-order valence-electron chi connectivity index (χ2n) is 5.77. The summed E-state index contributed by atoms with van der Waals surface area (Å²) in [5, 5.41) is 12.5. The second-order valence-corrected chi connectivity index (χ2v) is 5.77. The molecule has 1 aliphatic rings. The predicted octanol–water partition coefficient (Wildman–Crippen LogP) is 2.48. The van der Waals surface area contributed by atoms with Crippen LogP contribution in [0.2, 0.25) is 0 Å². The van der Waals surface area contributed by atoms with Gasteiger partial charge in [-0.15, -0.1) is 0 Å². The first-order valence-corrected chi connectivity index (χ1v) is 7.81. The van der Waals surface area contributed by atoms with Crippen molar-refractivity contribution in [2.45, 2.75) is 77.4 Å². The zero-order valence-corrected chi connectivity index (χ0v) is 12.7. The van der Waals surface area contributed by atoms with Gasteiger partial charge in [0.1, 0.15) is 6.04 Å². The van der Waals surface area contributed by atoms with Gasteiger partial charge in [0, 0.05) is 18.6 Å². The Morgan fingerprint density at radius 2 is 2.05 bits per heavy atom. The summed E-state index contributed by atoms with van der Waals surface area (Å²) in [6, 6.07) is 0.622. The Labute approximate surface area is 117 Å². The van der Waals surface area contributed by atoms with Crippen LogP contribution in [0.25, 0.3) is 0 Å². The number of carboxylic acids is 1. The van der Waals surface area contributed by atoms with E-state index in [0.717, 1.165) is 32.4 Å². The summed E-state index contributed by atoms with van der Waals surface area (Å²) in [6.45, 7) is 8.59. The van der Waals surface area contributed by atoms with E-state index in [0.29, 0.717) is 18.5 Å². The molecule has 0 aromatic heterocycles. The van der Waals surface area contributed by atoms with E-state index in [1.165, 1.54) is 12.8 Å². The third-order valence-corrected chi connectivity index (χ3v) is 4.03. The molecule has 0 aliphatic heterocycles. The van der Waals surface area contributed by atoms with Crippen LogP contribution in [0.5, 0.6) is 0 Å². The maximum atomic E-state index is 11.2. The van der Waals surface area contributed by atoms with Crippen LogP contribution < -0.4 is 5.32 Å². The van der Waals surface area contributed by atoms with Crippen LogP contribution in [0.1, 0.15) is 59.3 Å². The van der Waals surface area contributed by atoms with Crippen molar-refractivity contribution in [3.8, 4) is 0 Å². The van der Waals surface area contributed by atoms with Gasteiger partial charge in [-0.1, -0.05) is 20.3 Å². The smallest absolute Gasteiger partial charge is 0.320 e. The van der Waals surface area contributed by atoms with Gasteiger partial charge < -0.3 is 15.3 Å². The lowest BCUT2D eigenvalue weighted by molar-refractivity contribution is -0.139. The number of aliphatic carboxylic acids is 1. The minimum Gasteiger partial charge on any atom is -0.480 e. The number of hydrogen-bond acceptors (Lipinski definition) is 3. The van der Waals surface area contributed by atoms with Crippen LogP contribution >= 0.6 is 0 Å². The van der Waals surface area contributed by atoms with Crippen LogP contribution in [0.3, 0.4) is 0 Å². The van der Waals surface area contributed by atoms with Crippen molar-refractivity contribution >= 4 is 5.97 Å². The molecule has 2 N–H and O–H groups in total. The SMILES string of the molecule is CCCCN(CCC(NC1CC1)C(=O)O)C(C)CC. The Morgan fingerprint density at radius 3 is 2.53 bits per heavy atom. The Hall–Kier alpha value is -0.610. The lowest BCUT2D eigenvalue weighted by atomic mass is 10.1. The summed E-state index contributed by atoms with van der Waals surface area (Å²) in [5.41, 5.74) is 0. The third-order valence-electron chi connectivity index (χ3n) is 4.03. The van der Waals surface area contributed by atoms with E-state index >= 15 is 0 Å². The van der Waals surface area contributed by atoms with Crippen molar-refractivity contribution in [2.75, 3.05) is 13.1 Å². The van der Waals surface area contributed by atoms with Gasteiger partial charge in [0.15, 0.2) is 0 Å². The molecule has 0 spiro atoms. The van der Waals surface area contributed by atoms with Crippen molar-refractivity contribution in [1.82, 2.24) is 10.2 Å². The summed E-state index contributed by atoms with van der Waals surface area (Å²) in [6.07, 6.45) is 6.48. The first kappa shape index (κ1) is 16.4. The van der Waals surface area contributed by atoms with Crippen LogP contribution in [0.15, 0.2) is 0 Å². The van der Waals surface area contributed by atoms with Crippen molar-refractivity contribution in [2.24, 2.45) is 0 Å². The van der Waals surface area contributed by atoms with Gasteiger partial charge in [-0.3, -0.25) is 4.79 Å². The van der Waals surface area contributed by atoms with Gasteiger partial charge in [-0.2, -0.15) is 0 Å². The van der Waals surface area contributed by atoms with Crippen LogP contribution in [0.4, 0.5) is 0 Å². The second kappa shape index (κ2) is 8.54. The van der Waals surface area contributed by atoms with E-state index in [2.05, 4.69) is 31.0 Å².